The van der Waals surface area contributed by atoms with Crippen LogP contribution in [0.4, 0.5) is 0 Å². The lowest BCUT2D eigenvalue weighted by Crippen LogP contribution is -2.44. The molecule has 1 fully saturated rings. The van der Waals surface area contributed by atoms with E-state index in [-0.39, 0.29) is 12.5 Å². The largest absolute Gasteiger partial charge is 0.379 e. The Balaban J connectivity index is 1.88. The SMILES string of the molecule is CCc1ccccc1CN=C(NCCCN1CCOCC1)NCC(=O)N(C)C. The number of hydrogen-bond donors (Lipinski definition) is 2. The predicted molar refractivity (Wildman–Crippen MR) is 114 cm³/mol. The standard InChI is InChI=1S/C21H35N5O2/c1-4-18-8-5-6-9-19(18)16-23-21(24-17-20(27)25(2)3)22-10-7-11-26-12-14-28-15-13-26/h5-6,8-9H,4,7,10-17H2,1-3H3,(H2,22,23,24). The van der Waals surface area contributed by atoms with Gasteiger partial charge < -0.3 is 20.3 Å². The van der Waals surface area contributed by atoms with E-state index in [0.29, 0.717) is 12.5 Å². The van der Waals surface area contributed by atoms with E-state index >= 15 is 0 Å². The van der Waals surface area contributed by atoms with Gasteiger partial charge in [-0.05, 0) is 30.5 Å². The van der Waals surface area contributed by atoms with Crippen LogP contribution in [0.2, 0.25) is 0 Å². The molecule has 0 saturated carbocycles. The first-order valence-electron chi connectivity index (χ1n) is 10.2. The highest BCUT2D eigenvalue weighted by atomic mass is 16.5. The molecule has 0 aliphatic carbocycles. The second-order valence-electron chi connectivity index (χ2n) is 7.16. The third kappa shape index (κ3) is 7.86. The first-order chi connectivity index (χ1) is 13.6. The fourth-order valence-corrected chi connectivity index (χ4v) is 3.05. The number of ether oxygens (including phenoxy) is 1. The number of carbonyl (C=O) groups is 1. The summed E-state index contributed by atoms with van der Waals surface area (Å²) in [5, 5.41) is 6.53. The fraction of sp³-hybridized carbons (Fsp3) is 0.619. The van der Waals surface area contributed by atoms with Crippen LogP contribution in [0.1, 0.15) is 24.5 Å². The number of carbonyl (C=O) groups excluding carboxylic acids is 1. The van der Waals surface area contributed by atoms with Crippen LogP contribution in [0.15, 0.2) is 29.3 Å². The molecule has 2 rings (SSSR count). The molecule has 7 heteroatoms. The summed E-state index contributed by atoms with van der Waals surface area (Å²) in [5.74, 6) is 0.708. The highest BCUT2D eigenvalue weighted by Gasteiger charge is 2.10. The molecule has 7 nitrogen and oxygen atoms in total. The number of likely N-dealkylation sites (N-methyl/N-ethyl adjacent to an activating group) is 1. The van der Waals surface area contributed by atoms with Gasteiger partial charge in [0.2, 0.25) is 5.91 Å². The number of rotatable bonds is 9. The minimum atomic E-state index is 0.0248. The summed E-state index contributed by atoms with van der Waals surface area (Å²) >= 11 is 0. The minimum Gasteiger partial charge on any atom is -0.379 e. The van der Waals surface area contributed by atoms with E-state index in [1.165, 1.54) is 11.1 Å². The number of hydrogen-bond acceptors (Lipinski definition) is 4. The summed E-state index contributed by atoms with van der Waals surface area (Å²) in [4.78, 5) is 20.6. The molecule has 1 heterocycles. The molecule has 0 unspecified atom stereocenters. The van der Waals surface area contributed by atoms with E-state index in [9.17, 15) is 4.79 Å². The van der Waals surface area contributed by atoms with Crippen molar-refractivity contribution >= 4 is 11.9 Å². The Hall–Kier alpha value is -2.12. The molecule has 2 N–H and O–H groups in total. The highest BCUT2D eigenvalue weighted by Crippen LogP contribution is 2.10. The number of amides is 1. The summed E-state index contributed by atoms with van der Waals surface area (Å²) in [6.45, 7) is 8.50. The van der Waals surface area contributed by atoms with Gasteiger partial charge in [0, 0.05) is 33.7 Å². The lowest BCUT2D eigenvalue weighted by molar-refractivity contribution is -0.127. The van der Waals surface area contributed by atoms with Crippen LogP contribution in [0.5, 0.6) is 0 Å². The molecule has 0 atom stereocenters. The number of nitrogens with zero attached hydrogens (tertiary/aromatic N) is 3. The van der Waals surface area contributed by atoms with Crippen LogP contribution in [-0.2, 0) is 22.5 Å². The zero-order chi connectivity index (χ0) is 20.2. The zero-order valence-corrected chi connectivity index (χ0v) is 17.5. The first-order valence-corrected chi connectivity index (χ1v) is 10.2. The summed E-state index contributed by atoms with van der Waals surface area (Å²) in [6, 6.07) is 8.36. The van der Waals surface area contributed by atoms with Gasteiger partial charge >= 0.3 is 0 Å². The summed E-state index contributed by atoms with van der Waals surface area (Å²) in [6.07, 6.45) is 2.01. The first kappa shape index (κ1) is 22.2. The van der Waals surface area contributed by atoms with Crippen molar-refractivity contribution in [2.24, 2.45) is 4.99 Å². The molecular weight excluding hydrogens is 354 g/mol. The topological polar surface area (TPSA) is 69.2 Å². The average Bonchev–Trinajstić information content (AvgIpc) is 2.73. The molecular formula is C21H35N5O2. The van der Waals surface area contributed by atoms with Crippen molar-refractivity contribution in [3.63, 3.8) is 0 Å². The van der Waals surface area contributed by atoms with Gasteiger partial charge in [-0.3, -0.25) is 9.69 Å². The van der Waals surface area contributed by atoms with Crippen LogP contribution >= 0.6 is 0 Å². The van der Waals surface area contributed by atoms with Crippen molar-refractivity contribution in [2.45, 2.75) is 26.3 Å². The van der Waals surface area contributed by atoms with E-state index < -0.39 is 0 Å². The van der Waals surface area contributed by atoms with Gasteiger partial charge in [-0.15, -0.1) is 0 Å². The number of aryl methyl sites for hydroxylation is 1. The average molecular weight is 390 g/mol. The van der Waals surface area contributed by atoms with E-state index in [1.54, 1.807) is 19.0 Å². The molecule has 28 heavy (non-hydrogen) atoms. The molecule has 1 amide bonds. The number of aliphatic imine (C=N–C) groups is 1. The molecule has 1 saturated heterocycles. The predicted octanol–water partition coefficient (Wildman–Crippen LogP) is 1.09. The minimum absolute atomic E-state index is 0.0248. The maximum atomic E-state index is 11.9. The van der Waals surface area contributed by atoms with Gasteiger partial charge in [0.25, 0.3) is 0 Å². The van der Waals surface area contributed by atoms with Gasteiger partial charge in [-0.25, -0.2) is 4.99 Å². The molecule has 0 spiro atoms. The van der Waals surface area contributed by atoms with Gasteiger partial charge in [0.1, 0.15) is 0 Å². The van der Waals surface area contributed by atoms with E-state index in [2.05, 4.69) is 40.7 Å². The molecule has 1 aromatic carbocycles. The number of benzene rings is 1. The van der Waals surface area contributed by atoms with Gasteiger partial charge in [-0.2, -0.15) is 0 Å². The van der Waals surface area contributed by atoms with Crippen molar-refractivity contribution in [3.05, 3.63) is 35.4 Å². The highest BCUT2D eigenvalue weighted by molar-refractivity contribution is 5.86. The van der Waals surface area contributed by atoms with E-state index in [4.69, 9.17) is 9.73 Å². The van der Waals surface area contributed by atoms with Crippen molar-refractivity contribution in [1.82, 2.24) is 20.4 Å². The Morgan fingerprint density at radius 2 is 1.89 bits per heavy atom. The van der Waals surface area contributed by atoms with E-state index in [0.717, 1.165) is 52.2 Å². The second kappa shape index (κ2) is 12.4. The Kier molecular flexibility index (Phi) is 9.79. The molecule has 1 aliphatic rings. The summed E-state index contributed by atoms with van der Waals surface area (Å²) in [7, 11) is 3.52. The lowest BCUT2D eigenvalue weighted by Gasteiger charge is -2.26. The molecule has 0 bridgehead atoms. The lowest BCUT2D eigenvalue weighted by atomic mass is 10.1. The summed E-state index contributed by atoms with van der Waals surface area (Å²) < 4.78 is 5.39. The van der Waals surface area contributed by atoms with Crippen LogP contribution in [0, 0.1) is 0 Å². The molecule has 0 radical (unpaired) electrons. The van der Waals surface area contributed by atoms with Crippen LogP contribution in [0.25, 0.3) is 0 Å². The molecule has 156 valence electrons. The van der Waals surface area contributed by atoms with Crippen LogP contribution in [0.3, 0.4) is 0 Å². The second-order valence-corrected chi connectivity index (χ2v) is 7.16. The number of nitrogens with one attached hydrogen (secondary N) is 2. The number of morpholine rings is 1. The number of guanidine groups is 1. The van der Waals surface area contributed by atoms with Crippen molar-refractivity contribution in [1.29, 1.82) is 0 Å². The van der Waals surface area contributed by atoms with Crippen molar-refractivity contribution in [2.75, 3.05) is 60.0 Å². The summed E-state index contributed by atoms with van der Waals surface area (Å²) in [5.41, 5.74) is 2.53. The maximum Gasteiger partial charge on any atom is 0.241 e. The van der Waals surface area contributed by atoms with E-state index in [1.807, 2.05) is 6.07 Å². The maximum absolute atomic E-state index is 11.9. The monoisotopic (exact) mass is 389 g/mol. The quantitative estimate of drug-likeness (QED) is 0.376. The van der Waals surface area contributed by atoms with Crippen molar-refractivity contribution < 1.29 is 9.53 Å². The molecule has 1 aliphatic heterocycles. The van der Waals surface area contributed by atoms with Crippen molar-refractivity contribution in [3.8, 4) is 0 Å². The Labute approximate surface area is 169 Å². The molecule has 1 aromatic rings. The Morgan fingerprint density at radius 1 is 1.18 bits per heavy atom. The Bertz CT molecular complexity index is 627. The molecule has 0 aromatic heterocycles. The van der Waals surface area contributed by atoms with Gasteiger partial charge in [0.05, 0.1) is 26.3 Å². The smallest absolute Gasteiger partial charge is 0.241 e. The fourth-order valence-electron chi connectivity index (χ4n) is 3.05. The Morgan fingerprint density at radius 3 is 2.57 bits per heavy atom. The van der Waals surface area contributed by atoms with Gasteiger partial charge in [0.15, 0.2) is 5.96 Å². The van der Waals surface area contributed by atoms with Crippen LogP contribution < -0.4 is 10.6 Å². The third-order valence-corrected chi connectivity index (χ3v) is 4.86. The van der Waals surface area contributed by atoms with Crippen LogP contribution in [-0.4, -0.2) is 81.7 Å². The zero-order valence-electron chi connectivity index (χ0n) is 17.5. The third-order valence-electron chi connectivity index (χ3n) is 4.86. The van der Waals surface area contributed by atoms with Gasteiger partial charge in [-0.1, -0.05) is 31.2 Å². The normalized spacial score (nSPS) is 15.3.